The third kappa shape index (κ3) is 2.53. The van der Waals surface area contributed by atoms with Gasteiger partial charge in [0.15, 0.2) is 5.78 Å². The predicted molar refractivity (Wildman–Crippen MR) is 130 cm³/mol. The van der Waals surface area contributed by atoms with Crippen LogP contribution in [-0.2, 0) is 9.59 Å². The summed E-state index contributed by atoms with van der Waals surface area (Å²) >= 11 is 0. The SMILES string of the molecule is C=C(C=O)[C@@H]1CC[C@]2(C)CC[C@]3(C)[C@H](CCC4[C@@]5(C)C=CC(=O)C(C)(C)C5CC[C@]43C)[C@@H]12. The van der Waals surface area contributed by atoms with Gasteiger partial charge in [-0.3, -0.25) is 9.59 Å². The molecule has 0 bridgehead atoms. The van der Waals surface area contributed by atoms with Crippen molar-refractivity contribution in [3.8, 4) is 0 Å². The molecule has 5 aliphatic carbocycles. The second-order valence-electron chi connectivity index (χ2n) is 14.0. The van der Waals surface area contributed by atoms with Crippen molar-refractivity contribution in [2.24, 2.45) is 56.7 Å². The number of rotatable bonds is 2. The van der Waals surface area contributed by atoms with Crippen molar-refractivity contribution in [3.63, 3.8) is 0 Å². The number of carbonyl (C=O) groups excluding carboxylic acids is 2. The lowest BCUT2D eigenvalue weighted by atomic mass is 9.33. The normalized spacial score (nSPS) is 53.6. The van der Waals surface area contributed by atoms with Gasteiger partial charge in [0.2, 0.25) is 0 Å². The molecule has 0 aromatic heterocycles. The van der Waals surface area contributed by atoms with Gasteiger partial charge in [0.25, 0.3) is 0 Å². The van der Waals surface area contributed by atoms with Gasteiger partial charge in [0, 0.05) is 5.41 Å². The molecule has 0 spiro atoms. The van der Waals surface area contributed by atoms with Gasteiger partial charge in [0.05, 0.1) is 0 Å². The molecule has 5 rings (SSSR count). The first kappa shape index (κ1) is 22.6. The zero-order valence-electron chi connectivity index (χ0n) is 21.3. The van der Waals surface area contributed by atoms with Gasteiger partial charge in [0.1, 0.15) is 6.29 Å². The van der Waals surface area contributed by atoms with Gasteiger partial charge >= 0.3 is 0 Å². The smallest absolute Gasteiger partial charge is 0.161 e. The number of carbonyl (C=O) groups is 2. The lowest BCUT2D eigenvalue weighted by Crippen LogP contribution is -2.65. The molecule has 0 aromatic carbocycles. The molecule has 176 valence electrons. The van der Waals surface area contributed by atoms with E-state index in [0.29, 0.717) is 46.2 Å². The van der Waals surface area contributed by atoms with Crippen LogP contribution in [0.25, 0.3) is 0 Å². The summed E-state index contributed by atoms with van der Waals surface area (Å²) in [4.78, 5) is 24.6. The number of allylic oxidation sites excluding steroid dienone is 3. The summed E-state index contributed by atoms with van der Waals surface area (Å²) in [6, 6.07) is 0. The first-order chi connectivity index (χ1) is 14.8. The van der Waals surface area contributed by atoms with Crippen LogP contribution in [0.3, 0.4) is 0 Å². The van der Waals surface area contributed by atoms with Crippen molar-refractivity contribution in [3.05, 3.63) is 24.3 Å². The maximum absolute atomic E-state index is 12.8. The molecule has 4 fully saturated rings. The standard InChI is InChI=1S/C30H44O2/c1-19(18-31)20-10-13-27(4)16-17-29(6)21(25(20)27)8-9-23-28(5)14-12-24(32)26(2,3)22(28)11-15-30(23,29)7/h12,14,18,20-23,25H,1,8-11,13,15-17H2,2-7H3/t20-,21+,22?,23?,25+,27+,28-,29+,30+/m0/s1. The number of hydrogen-bond donors (Lipinski definition) is 0. The maximum Gasteiger partial charge on any atom is 0.161 e. The minimum Gasteiger partial charge on any atom is -0.298 e. The Morgan fingerprint density at radius 1 is 0.906 bits per heavy atom. The molecule has 0 aliphatic heterocycles. The highest BCUT2D eigenvalue weighted by molar-refractivity contribution is 5.95. The van der Waals surface area contributed by atoms with Gasteiger partial charge in [-0.2, -0.15) is 0 Å². The van der Waals surface area contributed by atoms with Crippen LogP contribution >= 0.6 is 0 Å². The summed E-state index contributed by atoms with van der Waals surface area (Å²) in [5, 5.41) is 0. The van der Waals surface area contributed by atoms with Crippen LogP contribution in [-0.4, -0.2) is 12.1 Å². The predicted octanol–water partition coefficient (Wildman–Crippen LogP) is 7.19. The van der Waals surface area contributed by atoms with E-state index in [9.17, 15) is 9.59 Å². The quantitative estimate of drug-likeness (QED) is 0.339. The van der Waals surface area contributed by atoms with E-state index in [4.69, 9.17) is 0 Å². The van der Waals surface area contributed by atoms with Crippen LogP contribution in [0.2, 0.25) is 0 Å². The van der Waals surface area contributed by atoms with Gasteiger partial charge < -0.3 is 0 Å². The molecule has 2 nitrogen and oxygen atoms in total. The molecular formula is C30H44O2. The van der Waals surface area contributed by atoms with Crippen molar-refractivity contribution in [1.29, 1.82) is 0 Å². The molecule has 4 saturated carbocycles. The van der Waals surface area contributed by atoms with Crippen LogP contribution in [0, 0.1) is 56.7 Å². The summed E-state index contributed by atoms with van der Waals surface area (Å²) < 4.78 is 0. The fourth-order valence-electron chi connectivity index (χ4n) is 10.7. The second-order valence-corrected chi connectivity index (χ2v) is 14.0. The Morgan fingerprint density at radius 2 is 1.62 bits per heavy atom. The number of fused-ring (bicyclic) bond motifs is 7. The molecule has 9 atom stereocenters. The zero-order valence-corrected chi connectivity index (χ0v) is 21.3. The fraction of sp³-hybridized carbons (Fsp3) is 0.800. The average molecular weight is 437 g/mol. The number of hydrogen-bond acceptors (Lipinski definition) is 2. The molecule has 5 aliphatic rings. The second kappa shape index (κ2) is 6.70. The zero-order chi connectivity index (χ0) is 23.3. The van der Waals surface area contributed by atoms with E-state index in [-0.39, 0.29) is 16.2 Å². The first-order valence-corrected chi connectivity index (χ1v) is 13.2. The van der Waals surface area contributed by atoms with E-state index in [2.05, 4.69) is 54.2 Å². The summed E-state index contributed by atoms with van der Waals surface area (Å²) in [5.74, 6) is 3.03. The van der Waals surface area contributed by atoms with E-state index in [1.165, 1.54) is 38.5 Å². The molecule has 0 radical (unpaired) electrons. The number of aldehydes is 1. The molecular weight excluding hydrogens is 392 g/mol. The molecule has 0 saturated heterocycles. The lowest BCUT2D eigenvalue weighted by molar-refractivity contribution is -0.216. The van der Waals surface area contributed by atoms with Gasteiger partial charge in [-0.25, -0.2) is 0 Å². The summed E-state index contributed by atoms with van der Waals surface area (Å²) in [6.45, 7) is 18.8. The summed E-state index contributed by atoms with van der Waals surface area (Å²) in [7, 11) is 0. The van der Waals surface area contributed by atoms with Crippen molar-refractivity contribution in [2.45, 2.75) is 92.9 Å². The highest BCUT2D eigenvalue weighted by Gasteiger charge is 2.69. The highest BCUT2D eigenvalue weighted by atomic mass is 16.1. The summed E-state index contributed by atoms with van der Waals surface area (Å²) in [6.07, 6.45) is 15.2. The van der Waals surface area contributed by atoms with Crippen LogP contribution < -0.4 is 0 Å². The third-order valence-corrected chi connectivity index (χ3v) is 12.8. The molecule has 0 heterocycles. The molecule has 32 heavy (non-hydrogen) atoms. The summed E-state index contributed by atoms with van der Waals surface area (Å²) in [5.41, 5.74) is 1.62. The Kier molecular flexibility index (Phi) is 4.73. The third-order valence-electron chi connectivity index (χ3n) is 12.8. The van der Waals surface area contributed by atoms with E-state index in [1.54, 1.807) is 0 Å². The van der Waals surface area contributed by atoms with Gasteiger partial charge in [-0.05, 0) is 114 Å². The Balaban J connectivity index is 1.57. The number of ketones is 1. The van der Waals surface area contributed by atoms with E-state index in [1.807, 2.05) is 6.08 Å². The molecule has 0 aromatic rings. The average Bonchev–Trinajstić information content (AvgIpc) is 3.09. The molecule has 0 N–H and O–H groups in total. The van der Waals surface area contributed by atoms with Crippen molar-refractivity contribution in [1.82, 2.24) is 0 Å². The fourth-order valence-corrected chi connectivity index (χ4v) is 10.7. The van der Waals surface area contributed by atoms with E-state index >= 15 is 0 Å². The molecule has 2 heteroatoms. The Hall–Kier alpha value is -1.18. The van der Waals surface area contributed by atoms with Crippen LogP contribution in [0.4, 0.5) is 0 Å². The topological polar surface area (TPSA) is 34.1 Å². The molecule has 2 unspecified atom stereocenters. The minimum atomic E-state index is -0.258. The van der Waals surface area contributed by atoms with Crippen LogP contribution in [0.1, 0.15) is 92.9 Å². The van der Waals surface area contributed by atoms with Gasteiger partial charge in [-0.1, -0.05) is 54.2 Å². The highest BCUT2D eigenvalue weighted by Crippen LogP contribution is 2.76. The van der Waals surface area contributed by atoms with Gasteiger partial charge in [-0.15, -0.1) is 0 Å². The van der Waals surface area contributed by atoms with E-state index < -0.39 is 0 Å². The van der Waals surface area contributed by atoms with Crippen molar-refractivity contribution in [2.75, 3.05) is 0 Å². The van der Waals surface area contributed by atoms with Crippen LogP contribution in [0.5, 0.6) is 0 Å². The first-order valence-electron chi connectivity index (χ1n) is 13.2. The van der Waals surface area contributed by atoms with Crippen molar-refractivity contribution >= 4 is 12.1 Å². The Morgan fingerprint density at radius 3 is 2.31 bits per heavy atom. The monoisotopic (exact) mass is 436 g/mol. The maximum atomic E-state index is 12.8. The Bertz CT molecular complexity index is 897. The van der Waals surface area contributed by atoms with Crippen molar-refractivity contribution < 1.29 is 9.59 Å². The molecule has 0 amide bonds. The minimum absolute atomic E-state index is 0.0978. The Labute approximate surface area is 195 Å². The van der Waals surface area contributed by atoms with E-state index in [0.717, 1.165) is 24.7 Å². The largest absolute Gasteiger partial charge is 0.298 e. The lowest BCUT2D eigenvalue weighted by Gasteiger charge is -2.71. The van der Waals surface area contributed by atoms with Crippen LogP contribution in [0.15, 0.2) is 24.3 Å².